The van der Waals surface area contributed by atoms with Crippen molar-refractivity contribution in [3.05, 3.63) is 71.0 Å². The number of nitrogens with one attached hydrogen (secondary N) is 2. The maximum atomic E-state index is 6.09. The van der Waals surface area contributed by atoms with Crippen molar-refractivity contribution in [2.45, 2.75) is 0 Å². The van der Waals surface area contributed by atoms with E-state index < -0.39 is 0 Å². The molecule has 0 radical (unpaired) electrons. The number of hydrogen-bond donors (Lipinski definition) is 2. The highest BCUT2D eigenvalue weighted by atomic mass is 35.5. The van der Waals surface area contributed by atoms with Gasteiger partial charge < -0.3 is 25.2 Å². The summed E-state index contributed by atoms with van der Waals surface area (Å²) < 4.78 is 5.84. The van der Waals surface area contributed by atoms with E-state index in [4.69, 9.17) is 27.9 Å². The van der Waals surface area contributed by atoms with Gasteiger partial charge in [0.25, 0.3) is 0 Å². The average molecular weight is 542 g/mol. The van der Waals surface area contributed by atoms with E-state index in [9.17, 15) is 0 Å². The van der Waals surface area contributed by atoms with Crippen molar-refractivity contribution in [2.75, 3.05) is 77.2 Å². The van der Waals surface area contributed by atoms with Crippen molar-refractivity contribution < 1.29 is 4.74 Å². The Balaban J connectivity index is 1.07. The van der Waals surface area contributed by atoms with Gasteiger partial charge >= 0.3 is 0 Å². The summed E-state index contributed by atoms with van der Waals surface area (Å²) >= 11 is 12.2. The average Bonchev–Trinajstić information content (AvgIpc) is 2.89. The minimum absolute atomic E-state index is 0.646. The molecule has 37 heavy (non-hydrogen) atoms. The van der Waals surface area contributed by atoms with Crippen LogP contribution in [-0.4, -0.2) is 86.3 Å². The molecule has 0 aliphatic heterocycles. The molecule has 0 aliphatic rings. The largest absolute Gasteiger partial charge is 0.383 e. The first-order chi connectivity index (χ1) is 18.0. The van der Waals surface area contributed by atoms with Gasteiger partial charge in [-0.2, -0.15) is 0 Å². The van der Waals surface area contributed by atoms with Crippen molar-refractivity contribution in [2.24, 2.45) is 0 Å². The zero-order chi connectivity index (χ0) is 26.0. The van der Waals surface area contributed by atoms with Gasteiger partial charge in [0.15, 0.2) is 0 Å². The first-order valence-electron chi connectivity index (χ1n) is 12.5. The number of halogens is 2. The van der Waals surface area contributed by atoms with Crippen LogP contribution in [0.2, 0.25) is 10.0 Å². The zero-order valence-corrected chi connectivity index (χ0v) is 22.9. The number of likely N-dealkylation sites (N-methyl/N-ethyl adjacent to an activating group) is 2. The van der Waals surface area contributed by atoms with Crippen LogP contribution in [0.15, 0.2) is 60.9 Å². The van der Waals surface area contributed by atoms with Gasteiger partial charge in [-0.3, -0.25) is 9.97 Å². The Bertz CT molecular complexity index is 1300. The monoisotopic (exact) mass is 540 g/mol. The highest BCUT2D eigenvalue weighted by Gasteiger charge is 2.06. The van der Waals surface area contributed by atoms with Gasteiger partial charge in [0.05, 0.1) is 24.2 Å². The summed E-state index contributed by atoms with van der Waals surface area (Å²) in [6.45, 7) is 6.77. The fraction of sp³-hybridized carbons (Fsp3) is 0.357. The third-order valence-electron chi connectivity index (χ3n) is 6.26. The van der Waals surface area contributed by atoms with Gasteiger partial charge in [0.2, 0.25) is 0 Å². The Hall–Kier alpha value is -2.68. The van der Waals surface area contributed by atoms with E-state index in [2.05, 4.69) is 44.5 Å². The Morgan fingerprint density at radius 2 is 1.22 bits per heavy atom. The Morgan fingerprint density at radius 3 is 1.81 bits per heavy atom. The molecule has 9 heteroatoms. The van der Waals surface area contributed by atoms with Crippen molar-refractivity contribution in [3.8, 4) is 0 Å². The summed E-state index contributed by atoms with van der Waals surface area (Å²) in [5, 5.41) is 10.5. The SMILES string of the molecule is CN(CCNc1ccnc2cc(Cl)ccc12)CCN(C)CCOCCNc1ccnc2cc(Cl)ccc12. The van der Waals surface area contributed by atoms with Gasteiger partial charge in [-0.15, -0.1) is 0 Å². The van der Waals surface area contributed by atoms with E-state index in [0.29, 0.717) is 23.3 Å². The predicted octanol–water partition coefficient (Wildman–Crippen LogP) is 5.49. The standard InChI is InChI=1S/C28H34Cl2N6O/c1-35(13-11-33-25-7-9-31-27-19-21(29)3-5-23(25)27)14-15-36(2)16-18-37-17-12-34-26-8-10-32-28-20-22(30)4-6-24(26)28/h3-10,19-20H,11-18H2,1-2H3,(H,31,33)(H,32,34). The van der Waals surface area contributed by atoms with Gasteiger partial charge in [-0.1, -0.05) is 23.2 Å². The summed E-state index contributed by atoms with van der Waals surface area (Å²) in [5.41, 5.74) is 3.92. The summed E-state index contributed by atoms with van der Waals surface area (Å²) in [5.74, 6) is 0. The molecule has 0 atom stereocenters. The molecule has 2 aromatic heterocycles. The lowest BCUT2D eigenvalue weighted by atomic mass is 10.2. The quantitative estimate of drug-likeness (QED) is 0.205. The lowest BCUT2D eigenvalue weighted by Gasteiger charge is -2.22. The number of nitrogens with zero attached hydrogens (tertiary/aromatic N) is 4. The molecule has 196 valence electrons. The summed E-state index contributed by atoms with van der Waals surface area (Å²) in [4.78, 5) is 13.4. The molecule has 4 aromatic rings. The molecule has 2 aromatic carbocycles. The van der Waals surface area contributed by atoms with Crippen LogP contribution in [-0.2, 0) is 4.74 Å². The molecule has 0 unspecified atom stereocenters. The molecule has 0 saturated carbocycles. The highest BCUT2D eigenvalue weighted by Crippen LogP contribution is 2.25. The molecule has 0 aliphatic carbocycles. The molecule has 0 spiro atoms. The molecule has 0 bridgehead atoms. The van der Waals surface area contributed by atoms with Crippen LogP contribution in [0.5, 0.6) is 0 Å². The van der Waals surface area contributed by atoms with Gasteiger partial charge in [0, 0.05) is 83.9 Å². The van der Waals surface area contributed by atoms with Gasteiger partial charge in [0.1, 0.15) is 0 Å². The minimum Gasteiger partial charge on any atom is -0.383 e. The number of ether oxygens (including phenoxy) is 1. The number of fused-ring (bicyclic) bond motifs is 2. The van der Waals surface area contributed by atoms with Crippen molar-refractivity contribution in [1.82, 2.24) is 19.8 Å². The molecular formula is C28H34Cl2N6O. The smallest absolute Gasteiger partial charge is 0.0737 e. The molecular weight excluding hydrogens is 507 g/mol. The molecule has 0 fully saturated rings. The van der Waals surface area contributed by atoms with Crippen molar-refractivity contribution in [1.29, 1.82) is 0 Å². The summed E-state index contributed by atoms with van der Waals surface area (Å²) in [6, 6.07) is 15.6. The van der Waals surface area contributed by atoms with E-state index in [1.165, 1.54) is 0 Å². The Kier molecular flexibility index (Phi) is 10.2. The van der Waals surface area contributed by atoms with Crippen LogP contribution in [0.3, 0.4) is 0 Å². The normalized spacial score (nSPS) is 11.6. The van der Waals surface area contributed by atoms with E-state index in [0.717, 1.165) is 72.4 Å². The van der Waals surface area contributed by atoms with Crippen LogP contribution in [0, 0.1) is 0 Å². The van der Waals surface area contributed by atoms with Crippen molar-refractivity contribution in [3.63, 3.8) is 0 Å². The fourth-order valence-corrected chi connectivity index (χ4v) is 4.41. The molecule has 2 N–H and O–H groups in total. The van der Waals surface area contributed by atoms with Crippen LogP contribution >= 0.6 is 23.2 Å². The second kappa shape index (κ2) is 13.7. The second-order valence-electron chi connectivity index (χ2n) is 9.11. The topological polar surface area (TPSA) is 65.5 Å². The number of benzene rings is 2. The first-order valence-corrected chi connectivity index (χ1v) is 13.3. The third-order valence-corrected chi connectivity index (χ3v) is 6.73. The Morgan fingerprint density at radius 1 is 0.676 bits per heavy atom. The number of anilines is 2. The number of aromatic nitrogens is 2. The molecule has 4 rings (SSSR count). The third kappa shape index (κ3) is 8.15. The van der Waals surface area contributed by atoms with E-state index in [1.807, 2.05) is 54.7 Å². The number of pyridine rings is 2. The maximum absolute atomic E-state index is 6.09. The minimum atomic E-state index is 0.646. The van der Waals surface area contributed by atoms with Crippen LogP contribution in [0.1, 0.15) is 0 Å². The summed E-state index contributed by atoms with van der Waals surface area (Å²) in [6.07, 6.45) is 3.61. The van der Waals surface area contributed by atoms with Gasteiger partial charge in [-0.05, 0) is 62.6 Å². The lowest BCUT2D eigenvalue weighted by molar-refractivity contribution is 0.116. The fourth-order valence-electron chi connectivity index (χ4n) is 4.08. The lowest BCUT2D eigenvalue weighted by Crippen LogP contribution is -2.35. The van der Waals surface area contributed by atoms with Crippen LogP contribution < -0.4 is 10.6 Å². The van der Waals surface area contributed by atoms with E-state index in [-0.39, 0.29) is 0 Å². The van der Waals surface area contributed by atoms with Crippen molar-refractivity contribution >= 4 is 56.4 Å². The Labute approximate surface area is 228 Å². The maximum Gasteiger partial charge on any atom is 0.0737 e. The second-order valence-corrected chi connectivity index (χ2v) is 9.99. The summed E-state index contributed by atoms with van der Waals surface area (Å²) in [7, 11) is 4.29. The highest BCUT2D eigenvalue weighted by molar-refractivity contribution is 6.31. The van der Waals surface area contributed by atoms with Crippen LogP contribution in [0.4, 0.5) is 11.4 Å². The zero-order valence-electron chi connectivity index (χ0n) is 21.4. The predicted molar refractivity (Wildman–Crippen MR) is 156 cm³/mol. The van der Waals surface area contributed by atoms with Crippen LogP contribution in [0.25, 0.3) is 21.8 Å². The van der Waals surface area contributed by atoms with E-state index in [1.54, 1.807) is 6.20 Å². The van der Waals surface area contributed by atoms with Gasteiger partial charge in [-0.25, -0.2) is 0 Å². The number of hydrogen-bond acceptors (Lipinski definition) is 7. The van der Waals surface area contributed by atoms with E-state index >= 15 is 0 Å². The molecule has 0 amide bonds. The molecule has 7 nitrogen and oxygen atoms in total. The first kappa shape index (κ1) is 27.4. The molecule has 0 saturated heterocycles. The number of rotatable bonds is 14. The molecule has 2 heterocycles.